The SMILES string of the molecule is CC(C)N(C(=O)O[SH](=O)=O)c1ccc(F)c(Br)c1. The number of anilines is 1. The first-order valence-electron chi connectivity index (χ1n) is 4.93. The fourth-order valence-corrected chi connectivity index (χ4v) is 1.94. The Labute approximate surface area is 114 Å². The minimum atomic E-state index is -3.28. The molecule has 18 heavy (non-hydrogen) atoms. The Hall–Kier alpha value is -1.15. The highest BCUT2D eigenvalue weighted by Gasteiger charge is 2.22. The predicted octanol–water partition coefficient (Wildman–Crippen LogP) is 2.47. The van der Waals surface area contributed by atoms with Crippen LogP contribution in [-0.4, -0.2) is 20.6 Å². The summed E-state index contributed by atoms with van der Waals surface area (Å²) in [5, 5.41) is 0. The molecule has 0 N–H and O–H groups in total. The van der Waals surface area contributed by atoms with Crippen molar-refractivity contribution < 1.29 is 21.8 Å². The van der Waals surface area contributed by atoms with Gasteiger partial charge in [0.15, 0.2) is 0 Å². The molecule has 0 aliphatic rings. The number of carbonyl (C=O) groups excluding carboxylic acids is 1. The lowest BCUT2D eigenvalue weighted by atomic mass is 10.2. The highest BCUT2D eigenvalue weighted by atomic mass is 79.9. The number of halogens is 2. The largest absolute Gasteiger partial charge is 0.430 e. The van der Waals surface area contributed by atoms with Crippen molar-refractivity contribution in [3.63, 3.8) is 0 Å². The molecule has 0 bridgehead atoms. The van der Waals surface area contributed by atoms with Crippen molar-refractivity contribution in [2.45, 2.75) is 19.9 Å². The van der Waals surface area contributed by atoms with E-state index in [0.29, 0.717) is 5.69 Å². The summed E-state index contributed by atoms with van der Waals surface area (Å²) in [6.07, 6.45) is -1.03. The molecule has 1 aromatic carbocycles. The molecule has 0 unspecified atom stereocenters. The maximum Gasteiger partial charge on any atom is 0.430 e. The van der Waals surface area contributed by atoms with Crippen LogP contribution >= 0.6 is 15.9 Å². The van der Waals surface area contributed by atoms with E-state index in [2.05, 4.69) is 20.1 Å². The minimum Gasteiger partial charge on any atom is -0.329 e. The zero-order chi connectivity index (χ0) is 13.9. The van der Waals surface area contributed by atoms with Gasteiger partial charge in [-0.2, -0.15) is 8.42 Å². The molecule has 0 saturated carbocycles. The van der Waals surface area contributed by atoms with Crippen molar-refractivity contribution in [3.05, 3.63) is 28.5 Å². The van der Waals surface area contributed by atoms with Crippen LogP contribution in [0, 0.1) is 5.82 Å². The monoisotopic (exact) mass is 339 g/mol. The average molecular weight is 340 g/mol. The van der Waals surface area contributed by atoms with Gasteiger partial charge in [-0.25, -0.2) is 9.18 Å². The third-order valence-corrected chi connectivity index (χ3v) is 2.96. The Bertz CT molecular complexity index is 525. The third-order valence-electron chi connectivity index (χ3n) is 2.05. The summed E-state index contributed by atoms with van der Waals surface area (Å²) >= 11 is 2.99. The summed E-state index contributed by atoms with van der Waals surface area (Å²) in [5.41, 5.74) is 0.333. The fourth-order valence-electron chi connectivity index (χ4n) is 1.36. The Balaban J connectivity index is 3.12. The first-order valence-corrected chi connectivity index (χ1v) is 6.82. The summed E-state index contributed by atoms with van der Waals surface area (Å²) in [7, 11) is -3.28. The van der Waals surface area contributed by atoms with Crippen LogP contribution in [0.1, 0.15) is 13.8 Å². The molecule has 100 valence electrons. The Morgan fingerprint density at radius 2 is 2.06 bits per heavy atom. The molecule has 1 amide bonds. The number of hydrogen-bond acceptors (Lipinski definition) is 4. The van der Waals surface area contributed by atoms with E-state index in [-0.39, 0.29) is 10.5 Å². The van der Waals surface area contributed by atoms with Crippen LogP contribution in [-0.2, 0) is 15.2 Å². The highest BCUT2D eigenvalue weighted by Crippen LogP contribution is 2.25. The van der Waals surface area contributed by atoms with Crippen LogP contribution in [0.25, 0.3) is 0 Å². The van der Waals surface area contributed by atoms with Crippen LogP contribution < -0.4 is 4.90 Å². The smallest absolute Gasteiger partial charge is 0.329 e. The second kappa shape index (κ2) is 6.14. The molecule has 0 atom stereocenters. The number of thiol groups is 1. The Morgan fingerprint density at radius 1 is 1.44 bits per heavy atom. The topological polar surface area (TPSA) is 63.7 Å². The Kier molecular flexibility index (Phi) is 5.09. The van der Waals surface area contributed by atoms with Gasteiger partial charge in [-0.05, 0) is 48.0 Å². The van der Waals surface area contributed by atoms with E-state index in [9.17, 15) is 17.6 Å². The molecule has 5 nitrogen and oxygen atoms in total. The molecular formula is C10H11BrFNO4S. The second-order valence-electron chi connectivity index (χ2n) is 3.64. The van der Waals surface area contributed by atoms with Crippen molar-refractivity contribution in [2.75, 3.05) is 4.90 Å². The van der Waals surface area contributed by atoms with Crippen LogP contribution in [0.2, 0.25) is 0 Å². The quantitative estimate of drug-likeness (QED) is 0.859. The molecular weight excluding hydrogens is 329 g/mol. The van der Waals surface area contributed by atoms with Gasteiger partial charge in [-0.3, -0.25) is 4.90 Å². The summed E-state index contributed by atoms with van der Waals surface area (Å²) in [6.45, 7) is 3.35. The Morgan fingerprint density at radius 3 is 2.50 bits per heavy atom. The van der Waals surface area contributed by atoms with E-state index in [1.165, 1.54) is 18.2 Å². The lowest BCUT2D eigenvalue weighted by Crippen LogP contribution is -2.37. The van der Waals surface area contributed by atoms with Gasteiger partial charge in [-0.1, -0.05) is 0 Å². The van der Waals surface area contributed by atoms with Gasteiger partial charge in [0.05, 0.1) is 4.47 Å². The second-order valence-corrected chi connectivity index (χ2v) is 5.13. The van der Waals surface area contributed by atoms with Crippen molar-refractivity contribution in [3.8, 4) is 0 Å². The van der Waals surface area contributed by atoms with Gasteiger partial charge in [0.25, 0.3) is 0 Å². The average Bonchev–Trinajstić information content (AvgIpc) is 2.21. The van der Waals surface area contributed by atoms with Gasteiger partial charge in [0.2, 0.25) is 0 Å². The lowest BCUT2D eigenvalue weighted by molar-refractivity contribution is 0.209. The number of nitrogens with zero attached hydrogens (tertiary/aromatic N) is 1. The number of carbonyl (C=O) groups is 1. The molecule has 8 heteroatoms. The molecule has 0 radical (unpaired) electrons. The number of hydrogen-bond donors (Lipinski definition) is 1. The van der Waals surface area contributed by atoms with E-state index in [4.69, 9.17) is 0 Å². The van der Waals surface area contributed by atoms with Gasteiger partial charge < -0.3 is 4.18 Å². The third kappa shape index (κ3) is 3.67. The normalized spacial score (nSPS) is 10.8. The van der Waals surface area contributed by atoms with E-state index in [0.717, 1.165) is 4.90 Å². The molecule has 0 spiro atoms. The van der Waals surface area contributed by atoms with Crippen LogP contribution in [0.3, 0.4) is 0 Å². The van der Waals surface area contributed by atoms with E-state index < -0.39 is 22.9 Å². The fraction of sp³-hybridized carbons (Fsp3) is 0.300. The van der Waals surface area contributed by atoms with E-state index >= 15 is 0 Å². The van der Waals surface area contributed by atoms with Gasteiger partial charge in [-0.15, -0.1) is 0 Å². The number of rotatable bonds is 3. The standard InChI is InChI=1S/C10H11BrFNO4S/c1-6(2)13(10(14)17-18(15)16)7-3-4-9(12)8(11)5-7/h3-6,18H,1-2H3. The summed E-state index contributed by atoms with van der Waals surface area (Å²) in [4.78, 5) is 12.7. The van der Waals surface area contributed by atoms with Crippen molar-refractivity contribution in [1.29, 1.82) is 0 Å². The molecule has 1 aromatic rings. The van der Waals surface area contributed by atoms with Gasteiger partial charge >= 0.3 is 17.1 Å². The van der Waals surface area contributed by atoms with Gasteiger partial charge in [0, 0.05) is 11.7 Å². The van der Waals surface area contributed by atoms with E-state index in [1.54, 1.807) is 13.8 Å². The van der Waals surface area contributed by atoms with Crippen molar-refractivity contribution in [2.24, 2.45) is 0 Å². The minimum absolute atomic E-state index is 0.171. The van der Waals surface area contributed by atoms with Gasteiger partial charge in [0.1, 0.15) is 5.82 Å². The first-order chi connectivity index (χ1) is 8.32. The molecule has 1 rings (SSSR count). The molecule has 0 heterocycles. The van der Waals surface area contributed by atoms with Crippen LogP contribution in [0.4, 0.5) is 14.9 Å². The number of benzene rings is 1. The maximum absolute atomic E-state index is 13.1. The van der Waals surface area contributed by atoms with Crippen LogP contribution in [0.15, 0.2) is 22.7 Å². The molecule has 0 aliphatic carbocycles. The predicted molar refractivity (Wildman–Crippen MR) is 68.5 cm³/mol. The number of amides is 1. The van der Waals surface area contributed by atoms with Crippen molar-refractivity contribution in [1.82, 2.24) is 0 Å². The molecule has 0 saturated heterocycles. The lowest BCUT2D eigenvalue weighted by Gasteiger charge is -2.24. The molecule has 0 aliphatic heterocycles. The summed E-state index contributed by atoms with van der Waals surface area (Å²) in [6, 6.07) is 3.55. The molecule has 0 fully saturated rings. The zero-order valence-electron chi connectivity index (χ0n) is 9.59. The zero-order valence-corrected chi connectivity index (χ0v) is 12.1. The first kappa shape index (κ1) is 14.9. The van der Waals surface area contributed by atoms with Crippen molar-refractivity contribution >= 4 is 38.7 Å². The summed E-state index contributed by atoms with van der Waals surface area (Å²) in [5.74, 6) is -0.481. The van der Waals surface area contributed by atoms with E-state index in [1.807, 2.05) is 0 Å². The highest BCUT2D eigenvalue weighted by molar-refractivity contribution is 9.10. The summed E-state index contributed by atoms with van der Waals surface area (Å²) < 4.78 is 38.2. The van der Waals surface area contributed by atoms with Crippen LogP contribution in [0.5, 0.6) is 0 Å². The molecule has 0 aromatic heterocycles. The maximum atomic E-state index is 13.1.